The van der Waals surface area contributed by atoms with Crippen molar-refractivity contribution >= 4 is 17.7 Å². The molecule has 0 fully saturated rings. The summed E-state index contributed by atoms with van der Waals surface area (Å²) in [4.78, 5) is 16.6. The standard InChI is InChI=1S/C20H22N6O2S/c1-14(2)20(3,13-21)23-17(27)12-29-19-25-24-18(15-6-4-8-22-10-15)26(19)11-16-7-5-9-28-16/h4-10,14H,11-12H2,1-3H3,(H,23,27)/t20-/m1/s1. The smallest absolute Gasteiger partial charge is 0.231 e. The van der Waals surface area contributed by atoms with E-state index in [0.29, 0.717) is 17.5 Å². The number of aromatic nitrogens is 4. The van der Waals surface area contributed by atoms with E-state index in [4.69, 9.17) is 4.42 Å². The van der Waals surface area contributed by atoms with Crippen LogP contribution in [0.1, 0.15) is 26.5 Å². The van der Waals surface area contributed by atoms with Crippen LogP contribution in [-0.4, -0.2) is 36.9 Å². The van der Waals surface area contributed by atoms with Gasteiger partial charge in [-0.25, -0.2) is 0 Å². The molecule has 1 amide bonds. The number of hydrogen-bond acceptors (Lipinski definition) is 7. The molecule has 0 saturated carbocycles. The minimum absolute atomic E-state index is 0.0127. The predicted molar refractivity (Wildman–Crippen MR) is 109 cm³/mol. The zero-order valence-corrected chi connectivity index (χ0v) is 17.3. The Hall–Kier alpha value is -3.12. The van der Waals surface area contributed by atoms with Crippen molar-refractivity contribution in [2.75, 3.05) is 5.75 Å². The molecular formula is C20H22N6O2S. The SMILES string of the molecule is CC(C)[C@@](C)(C#N)NC(=O)CSc1nnc(-c2cccnc2)n1Cc1ccco1. The van der Waals surface area contributed by atoms with Gasteiger partial charge in [0.25, 0.3) is 0 Å². The van der Waals surface area contributed by atoms with Crippen LogP contribution in [0.3, 0.4) is 0 Å². The van der Waals surface area contributed by atoms with Gasteiger partial charge in [-0.15, -0.1) is 10.2 Å². The van der Waals surface area contributed by atoms with E-state index < -0.39 is 5.54 Å². The number of nitriles is 1. The van der Waals surface area contributed by atoms with Crippen LogP contribution in [0.15, 0.2) is 52.5 Å². The van der Waals surface area contributed by atoms with E-state index in [1.54, 1.807) is 25.6 Å². The quantitative estimate of drug-likeness (QED) is 0.568. The summed E-state index contributed by atoms with van der Waals surface area (Å²) in [7, 11) is 0. The fourth-order valence-electron chi connectivity index (χ4n) is 2.56. The van der Waals surface area contributed by atoms with Gasteiger partial charge in [0.15, 0.2) is 11.0 Å². The second-order valence-corrected chi connectivity index (χ2v) is 7.96. The Labute approximate surface area is 173 Å². The summed E-state index contributed by atoms with van der Waals surface area (Å²) in [5, 5.41) is 21.3. The molecule has 29 heavy (non-hydrogen) atoms. The molecule has 0 spiro atoms. The topological polar surface area (TPSA) is 110 Å². The van der Waals surface area contributed by atoms with Gasteiger partial charge in [0.2, 0.25) is 5.91 Å². The highest BCUT2D eigenvalue weighted by Crippen LogP contribution is 2.25. The zero-order chi connectivity index (χ0) is 20.9. The van der Waals surface area contributed by atoms with Crippen molar-refractivity contribution < 1.29 is 9.21 Å². The van der Waals surface area contributed by atoms with E-state index >= 15 is 0 Å². The molecule has 1 atom stereocenters. The highest BCUT2D eigenvalue weighted by molar-refractivity contribution is 7.99. The van der Waals surface area contributed by atoms with Gasteiger partial charge in [0.1, 0.15) is 11.3 Å². The van der Waals surface area contributed by atoms with Gasteiger partial charge in [-0.1, -0.05) is 25.6 Å². The predicted octanol–water partition coefficient (Wildman–Crippen LogP) is 3.13. The number of thioether (sulfide) groups is 1. The van der Waals surface area contributed by atoms with E-state index in [2.05, 4.69) is 26.6 Å². The van der Waals surface area contributed by atoms with Crippen molar-refractivity contribution in [3.8, 4) is 17.5 Å². The number of nitrogens with zero attached hydrogens (tertiary/aromatic N) is 5. The highest BCUT2D eigenvalue weighted by atomic mass is 32.2. The van der Waals surface area contributed by atoms with Gasteiger partial charge >= 0.3 is 0 Å². The molecule has 3 heterocycles. The minimum atomic E-state index is -0.916. The lowest BCUT2D eigenvalue weighted by Crippen LogP contribution is -2.49. The summed E-state index contributed by atoms with van der Waals surface area (Å²) >= 11 is 1.26. The fraction of sp³-hybridized carbons (Fsp3) is 0.350. The van der Waals surface area contributed by atoms with E-state index in [-0.39, 0.29) is 17.6 Å². The summed E-state index contributed by atoms with van der Waals surface area (Å²) in [6, 6.07) is 9.60. The molecular weight excluding hydrogens is 388 g/mol. The summed E-state index contributed by atoms with van der Waals surface area (Å²) in [6.45, 7) is 5.95. The lowest BCUT2D eigenvalue weighted by Gasteiger charge is -2.27. The monoisotopic (exact) mass is 410 g/mol. The van der Waals surface area contributed by atoms with Gasteiger partial charge in [0, 0.05) is 18.0 Å². The Kier molecular flexibility index (Phi) is 6.34. The average Bonchev–Trinajstić information content (AvgIpc) is 3.37. The second-order valence-electron chi connectivity index (χ2n) is 7.02. The molecule has 0 aliphatic heterocycles. The molecule has 1 N–H and O–H groups in total. The summed E-state index contributed by atoms with van der Waals surface area (Å²) in [5.74, 6) is 1.26. The first-order valence-corrected chi connectivity index (χ1v) is 10.1. The number of rotatable bonds is 8. The molecule has 3 aromatic heterocycles. The molecule has 0 unspecified atom stereocenters. The van der Waals surface area contributed by atoms with Crippen LogP contribution in [-0.2, 0) is 11.3 Å². The van der Waals surface area contributed by atoms with Crippen molar-refractivity contribution in [3.05, 3.63) is 48.7 Å². The van der Waals surface area contributed by atoms with Crippen LogP contribution in [0.5, 0.6) is 0 Å². The number of carbonyl (C=O) groups excluding carboxylic acids is 1. The molecule has 0 radical (unpaired) electrons. The number of hydrogen-bond donors (Lipinski definition) is 1. The van der Waals surface area contributed by atoms with Crippen molar-refractivity contribution in [3.63, 3.8) is 0 Å². The summed E-state index contributed by atoms with van der Waals surface area (Å²) in [5.41, 5.74) is -0.0971. The first-order chi connectivity index (χ1) is 13.9. The molecule has 0 aliphatic carbocycles. The lowest BCUT2D eigenvalue weighted by atomic mass is 9.90. The molecule has 0 aliphatic rings. The molecule has 0 aromatic carbocycles. The van der Waals surface area contributed by atoms with Gasteiger partial charge < -0.3 is 9.73 Å². The fourth-order valence-corrected chi connectivity index (χ4v) is 3.30. The highest BCUT2D eigenvalue weighted by Gasteiger charge is 2.30. The maximum absolute atomic E-state index is 12.4. The van der Waals surface area contributed by atoms with Crippen molar-refractivity contribution in [1.82, 2.24) is 25.1 Å². The van der Waals surface area contributed by atoms with Gasteiger partial charge in [-0.2, -0.15) is 5.26 Å². The molecule has 0 bridgehead atoms. The van der Waals surface area contributed by atoms with Crippen LogP contribution >= 0.6 is 11.8 Å². The number of pyridine rings is 1. The van der Waals surface area contributed by atoms with E-state index in [0.717, 1.165) is 11.3 Å². The van der Waals surface area contributed by atoms with E-state index in [1.807, 2.05) is 42.7 Å². The third-order valence-electron chi connectivity index (χ3n) is 4.65. The third kappa shape index (κ3) is 4.84. The Morgan fingerprint density at radius 3 is 2.83 bits per heavy atom. The molecule has 3 aromatic rings. The minimum Gasteiger partial charge on any atom is -0.467 e. The molecule has 3 rings (SSSR count). The van der Waals surface area contributed by atoms with Crippen LogP contribution < -0.4 is 5.32 Å². The largest absolute Gasteiger partial charge is 0.467 e. The lowest BCUT2D eigenvalue weighted by molar-refractivity contribution is -0.120. The molecule has 0 saturated heterocycles. The zero-order valence-electron chi connectivity index (χ0n) is 16.5. The maximum atomic E-state index is 12.4. The number of nitrogens with one attached hydrogen (secondary N) is 1. The van der Waals surface area contributed by atoms with Crippen molar-refractivity contribution in [2.45, 2.75) is 38.0 Å². The van der Waals surface area contributed by atoms with Gasteiger partial charge in [-0.05, 0) is 37.1 Å². The van der Waals surface area contributed by atoms with Crippen LogP contribution in [0, 0.1) is 17.2 Å². The first-order valence-electron chi connectivity index (χ1n) is 9.14. The average molecular weight is 411 g/mol. The Morgan fingerprint density at radius 2 is 2.21 bits per heavy atom. The second kappa shape index (κ2) is 8.92. The Bertz CT molecular complexity index is 994. The van der Waals surface area contributed by atoms with E-state index in [1.165, 1.54) is 11.8 Å². The normalized spacial score (nSPS) is 13.1. The summed E-state index contributed by atoms with van der Waals surface area (Å²) < 4.78 is 7.36. The number of furan rings is 1. The Morgan fingerprint density at radius 1 is 1.38 bits per heavy atom. The Balaban J connectivity index is 1.79. The van der Waals surface area contributed by atoms with Crippen LogP contribution in [0.25, 0.3) is 11.4 Å². The van der Waals surface area contributed by atoms with Gasteiger partial charge in [-0.3, -0.25) is 14.3 Å². The van der Waals surface area contributed by atoms with E-state index in [9.17, 15) is 10.1 Å². The van der Waals surface area contributed by atoms with Crippen LogP contribution in [0.2, 0.25) is 0 Å². The van der Waals surface area contributed by atoms with Crippen LogP contribution in [0.4, 0.5) is 0 Å². The molecule has 150 valence electrons. The number of carbonyl (C=O) groups is 1. The van der Waals surface area contributed by atoms with Gasteiger partial charge in [0.05, 0.1) is 24.6 Å². The molecule has 9 heteroatoms. The molecule has 8 nitrogen and oxygen atoms in total. The first kappa shape index (κ1) is 20.6. The van der Waals surface area contributed by atoms with Crippen molar-refractivity contribution in [1.29, 1.82) is 5.26 Å². The summed E-state index contributed by atoms with van der Waals surface area (Å²) in [6.07, 6.45) is 5.01. The number of amides is 1. The third-order valence-corrected chi connectivity index (χ3v) is 5.62. The maximum Gasteiger partial charge on any atom is 0.231 e. The van der Waals surface area contributed by atoms with Crippen molar-refractivity contribution in [2.24, 2.45) is 5.92 Å².